The fourth-order valence-electron chi connectivity index (χ4n) is 2.79. The molecule has 1 unspecified atom stereocenters. The molecule has 1 nitrogen and oxygen atoms in total. The molecule has 0 N–H and O–H groups in total. The lowest BCUT2D eigenvalue weighted by atomic mass is 9.81. The zero-order valence-electron chi connectivity index (χ0n) is 11.7. The Kier molecular flexibility index (Phi) is 4.08. The first-order valence-corrected chi connectivity index (χ1v) is 7.35. The fourth-order valence-corrected chi connectivity index (χ4v) is 2.92. The molecular formula is C18H13ClF2O. The van der Waals surface area contributed by atoms with Gasteiger partial charge in [-0.1, -0.05) is 23.7 Å². The molecule has 112 valence electrons. The van der Waals surface area contributed by atoms with Gasteiger partial charge in [0.2, 0.25) is 0 Å². The maximum atomic E-state index is 13.9. The van der Waals surface area contributed by atoms with Crippen LogP contribution in [0.25, 0.3) is 5.57 Å². The molecule has 0 aromatic heterocycles. The smallest absolute Gasteiger partial charge is 0.156 e. The molecule has 0 bridgehead atoms. The third-order valence-electron chi connectivity index (χ3n) is 3.86. The van der Waals surface area contributed by atoms with Crippen LogP contribution in [-0.4, -0.2) is 5.78 Å². The van der Waals surface area contributed by atoms with E-state index in [0.29, 0.717) is 23.4 Å². The van der Waals surface area contributed by atoms with Crippen molar-refractivity contribution in [1.82, 2.24) is 0 Å². The van der Waals surface area contributed by atoms with Gasteiger partial charge >= 0.3 is 0 Å². The number of hydrogen-bond donors (Lipinski definition) is 0. The van der Waals surface area contributed by atoms with Crippen LogP contribution in [0.4, 0.5) is 8.78 Å². The monoisotopic (exact) mass is 318 g/mol. The first-order valence-electron chi connectivity index (χ1n) is 6.97. The predicted molar refractivity (Wildman–Crippen MR) is 82.8 cm³/mol. The molecule has 1 aliphatic rings. The van der Waals surface area contributed by atoms with Crippen LogP contribution in [0, 0.1) is 11.6 Å². The number of ketones is 1. The third kappa shape index (κ3) is 3.09. The van der Waals surface area contributed by atoms with Crippen LogP contribution in [0.2, 0.25) is 5.02 Å². The number of hydrogen-bond acceptors (Lipinski definition) is 1. The van der Waals surface area contributed by atoms with E-state index in [1.807, 2.05) is 12.1 Å². The normalized spacial score (nSPS) is 18.2. The van der Waals surface area contributed by atoms with Crippen molar-refractivity contribution in [1.29, 1.82) is 0 Å². The van der Waals surface area contributed by atoms with E-state index < -0.39 is 11.6 Å². The highest BCUT2D eigenvalue weighted by Crippen LogP contribution is 2.37. The minimum absolute atomic E-state index is 0.0487. The number of rotatable bonds is 2. The highest BCUT2D eigenvalue weighted by atomic mass is 35.5. The van der Waals surface area contributed by atoms with E-state index in [4.69, 9.17) is 11.6 Å². The maximum absolute atomic E-state index is 13.9. The average molecular weight is 319 g/mol. The third-order valence-corrected chi connectivity index (χ3v) is 4.12. The summed E-state index contributed by atoms with van der Waals surface area (Å²) in [5.41, 5.74) is 1.67. The van der Waals surface area contributed by atoms with Gasteiger partial charge in [0.25, 0.3) is 0 Å². The molecule has 0 radical (unpaired) electrons. The lowest BCUT2D eigenvalue weighted by Gasteiger charge is -2.23. The minimum Gasteiger partial charge on any atom is -0.295 e. The van der Waals surface area contributed by atoms with Gasteiger partial charge in [0.05, 0.1) is 0 Å². The summed E-state index contributed by atoms with van der Waals surface area (Å²) in [6.45, 7) is 0. The van der Waals surface area contributed by atoms with E-state index in [9.17, 15) is 13.6 Å². The zero-order chi connectivity index (χ0) is 15.7. The summed E-state index contributed by atoms with van der Waals surface area (Å²) in [5, 5.41) is 0.623. The summed E-state index contributed by atoms with van der Waals surface area (Å²) in [4.78, 5) is 12.0. The summed E-state index contributed by atoms with van der Waals surface area (Å²) in [6, 6.07) is 10.6. The summed E-state index contributed by atoms with van der Waals surface area (Å²) in [6.07, 6.45) is 2.28. The Balaban J connectivity index is 1.94. The van der Waals surface area contributed by atoms with Crippen LogP contribution in [0.3, 0.4) is 0 Å². The molecule has 3 rings (SSSR count). The topological polar surface area (TPSA) is 17.1 Å². The van der Waals surface area contributed by atoms with E-state index >= 15 is 0 Å². The maximum Gasteiger partial charge on any atom is 0.156 e. The minimum atomic E-state index is -0.516. The van der Waals surface area contributed by atoms with Crippen molar-refractivity contribution in [2.45, 2.75) is 18.8 Å². The molecule has 1 atom stereocenters. The SMILES string of the molecule is O=C1C=C(c2cc(F)ccc2F)CC(c2ccc(Cl)cc2)C1. The van der Waals surface area contributed by atoms with E-state index in [-0.39, 0.29) is 17.3 Å². The van der Waals surface area contributed by atoms with Crippen molar-refractivity contribution in [2.75, 3.05) is 0 Å². The van der Waals surface area contributed by atoms with Gasteiger partial charge in [-0.2, -0.15) is 0 Å². The average Bonchev–Trinajstić information content (AvgIpc) is 2.50. The molecule has 0 saturated heterocycles. The van der Waals surface area contributed by atoms with Gasteiger partial charge in [-0.3, -0.25) is 4.79 Å². The van der Waals surface area contributed by atoms with Crippen LogP contribution in [0.15, 0.2) is 48.5 Å². The second kappa shape index (κ2) is 6.01. The van der Waals surface area contributed by atoms with Crippen LogP contribution >= 0.6 is 11.6 Å². The van der Waals surface area contributed by atoms with Crippen LogP contribution in [-0.2, 0) is 4.79 Å². The lowest BCUT2D eigenvalue weighted by Crippen LogP contribution is -2.13. The Morgan fingerprint density at radius 2 is 1.73 bits per heavy atom. The second-order valence-electron chi connectivity index (χ2n) is 5.42. The van der Waals surface area contributed by atoms with Crippen molar-refractivity contribution in [3.8, 4) is 0 Å². The van der Waals surface area contributed by atoms with Crippen molar-refractivity contribution < 1.29 is 13.6 Å². The summed E-state index contributed by atoms with van der Waals surface area (Å²) in [5.74, 6) is -1.16. The standard InChI is InChI=1S/C18H13ClF2O/c19-14-3-1-11(2-4-14)12-7-13(9-16(22)8-12)17-10-15(20)5-6-18(17)21/h1-6,9-10,12H,7-8H2. The zero-order valence-corrected chi connectivity index (χ0v) is 12.4. The lowest BCUT2D eigenvalue weighted by molar-refractivity contribution is -0.115. The van der Waals surface area contributed by atoms with E-state index in [0.717, 1.165) is 23.8 Å². The summed E-state index contributed by atoms with van der Waals surface area (Å²) in [7, 11) is 0. The Morgan fingerprint density at radius 3 is 2.45 bits per heavy atom. The molecular weight excluding hydrogens is 306 g/mol. The van der Waals surface area contributed by atoms with Crippen molar-refractivity contribution in [3.63, 3.8) is 0 Å². The van der Waals surface area contributed by atoms with Crippen LogP contribution < -0.4 is 0 Å². The molecule has 2 aromatic carbocycles. The van der Waals surface area contributed by atoms with Crippen LogP contribution in [0.5, 0.6) is 0 Å². The van der Waals surface area contributed by atoms with Gasteiger partial charge in [-0.25, -0.2) is 8.78 Å². The molecule has 0 fully saturated rings. The molecule has 1 aliphatic carbocycles. The highest BCUT2D eigenvalue weighted by Gasteiger charge is 2.24. The van der Waals surface area contributed by atoms with E-state index in [2.05, 4.69) is 0 Å². The Bertz CT molecular complexity index is 750. The van der Waals surface area contributed by atoms with Gasteiger partial charge < -0.3 is 0 Å². The Labute approximate surface area is 132 Å². The molecule has 0 heterocycles. The molecule has 22 heavy (non-hydrogen) atoms. The van der Waals surface area contributed by atoms with E-state index in [1.54, 1.807) is 12.1 Å². The fraction of sp³-hybridized carbons (Fsp3) is 0.167. The molecule has 0 amide bonds. The Hall–Kier alpha value is -2.00. The van der Waals surface area contributed by atoms with E-state index in [1.165, 1.54) is 6.08 Å². The predicted octanol–water partition coefficient (Wildman–Crippen LogP) is 5.15. The highest BCUT2D eigenvalue weighted by molar-refractivity contribution is 6.30. The molecule has 0 aliphatic heterocycles. The number of allylic oxidation sites excluding steroid dienone is 2. The van der Waals surface area contributed by atoms with Gasteiger partial charge in [-0.05, 0) is 59.9 Å². The molecule has 0 saturated carbocycles. The molecule has 2 aromatic rings. The van der Waals surface area contributed by atoms with Crippen molar-refractivity contribution in [3.05, 3.63) is 76.3 Å². The van der Waals surface area contributed by atoms with Gasteiger partial charge in [-0.15, -0.1) is 0 Å². The van der Waals surface area contributed by atoms with Crippen molar-refractivity contribution in [2.24, 2.45) is 0 Å². The van der Waals surface area contributed by atoms with Crippen molar-refractivity contribution >= 4 is 23.0 Å². The number of carbonyl (C=O) groups is 1. The molecule has 0 spiro atoms. The number of halogens is 3. The van der Waals surface area contributed by atoms with Crippen LogP contribution in [0.1, 0.15) is 29.9 Å². The quantitative estimate of drug-likeness (QED) is 0.748. The van der Waals surface area contributed by atoms with Gasteiger partial charge in [0, 0.05) is 17.0 Å². The second-order valence-corrected chi connectivity index (χ2v) is 5.85. The largest absolute Gasteiger partial charge is 0.295 e. The first kappa shape index (κ1) is 14.9. The Morgan fingerprint density at radius 1 is 1.00 bits per heavy atom. The van der Waals surface area contributed by atoms with Gasteiger partial charge in [0.15, 0.2) is 5.78 Å². The number of carbonyl (C=O) groups excluding carboxylic acids is 1. The summed E-state index contributed by atoms with van der Waals surface area (Å²) >= 11 is 5.87. The molecule has 4 heteroatoms. The number of benzene rings is 2. The van der Waals surface area contributed by atoms with Gasteiger partial charge in [0.1, 0.15) is 11.6 Å². The first-order chi connectivity index (χ1) is 10.5. The summed E-state index contributed by atoms with van der Waals surface area (Å²) < 4.78 is 27.3.